The maximum atomic E-state index is 12.9. The quantitative estimate of drug-likeness (QED) is 0.539. The summed E-state index contributed by atoms with van der Waals surface area (Å²) in [4.78, 5) is 0. The second-order valence-corrected chi connectivity index (χ2v) is 5.13. The van der Waals surface area contributed by atoms with Gasteiger partial charge < -0.3 is 0 Å². The summed E-state index contributed by atoms with van der Waals surface area (Å²) in [6, 6.07) is 6.85. The average molecular weight is 341 g/mol. The largest absolute Gasteiger partial charge is 0.416 e. The lowest BCUT2D eigenvalue weighted by molar-refractivity contribution is -0.139. The van der Waals surface area contributed by atoms with E-state index >= 15 is 0 Å². The van der Waals surface area contributed by atoms with Gasteiger partial charge in [-0.3, -0.25) is 0 Å². The fraction of sp³-hybridized carbons (Fsp3) is 0.143. The summed E-state index contributed by atoms with van der Waals surface area (Å²) < 4.78 is 63.8. The molecule has 0 spiro atoms. The van der Waals surface area contributed by atoms with Crippen LogP contribution in [-0.4, -0.2) is 0 Å². The van der Waals surface area contributed by atoms with E-state index in [2.05, 4.69) is 0 Å². The highest BCUT2D eigenvalue weighted by Crippen LogP contribution is 2.39. The molecule has 2 aromatic carbocycles. The zero-order chi connectivity index (χ0) is 15.8. The predicted octanol–water partition coefficient (Wildman–Crippen LogP) is 6.62. The minimum atomic E-state index is -4.84. The first kappa shape index (κ1) is 16.0. The third kappa shape index (κ3) is 3.66. The molecule has 0 unspecified atom stereocenters. The van der Waals surface area contributed by atoms with Gasteiger partial charge in [0.05, 0.1) is 5.56 Å². The van der Waals surface area contributed by atoms with Gasteiger partial charge in [-0.05, 0) is 41.5 Å². The van der Waals surface area contributed by atoms with Gasteiger partial charge in [-0.2, -0.15) is 13.2 Å². The first-order valence-electron chi connectivity index (χ1n) is 5.64. The Balaban J connectivity index is 2.59. The molecule has 0 aliphatic heterocycles. The lowest BCUT2D eigenvalue weighted by atomic mass is 9.99. The van der Waals surface area contributed by atoms with Crippen LogP contribution in [0.1, 0.15) is 17.6 Å². The van der Waals surface area contributed by atoms with E-state index in [1.54, 1.807) is 0 Å². The number of benzene rings is 2. The van der Waals surface area contributed by atoms with Gasteiger partial charge in [-0.25, -0.2) is 8.78 Å². The van der Waals surface area contributed by atoms with Crippen molar-refractivity contribution in [1.82, 2.24) is 0 Å². The zero-order valence-electron chi connectivity index (χ0n) is 10.2. The molecule has 0 N–H and O–H groups in total. The number of rotatable bonds is 2. The van der Waals surface area contributed by atoms with Gasteiger partial charge in [0.25, 0.3) is 6.43 Å². The highest BCUT2D eigenvalue weighted by Gasteiger charge is 2.35. The molecule has 7 heteroatoms. The summed E-state index contributed by atoms with van der Waals surface area (Å²) in [5.41, 5.74) is -1.88. The van der Waals surface area contributed by atoms with E-state index in [0.29, 0.717) is 11.6 Å². The lowest BCUT2D eigenvalue weighted by Gasteiger charge is -2.14. The summed E-state index contributed by atoms with van der Waals surface area (Å²) >= 11 is 11.6. The zero-order valence-corrected chi connectivity index (χ0v) is 11.7. The molecule has 0 bridgehead atoms. The monoisotopic (exact) mass is 340 g/mol. The van der Waals surface area contributed by atoms with Gasteiger partial charge in [0.1, 0.15) is 0 Å². The molecule has 0 radical (unpaired) electrons. The van der Waals surface area contributed by atoms with E-state index in [0.717, 1.165) is 12.1 Å². The molecule has 0 aromatic heterocycles. The molecule has 0 aliphatic rings. The van der Waals surface area contributed by atoms with Crippen LogP contribution in [0.5, 0.6) is 0 Å². The molecular weight excluding hydrogens is 334 g/mol. The molecule has 0 heterocycles. The van der Waals surface area contributed by atoms with Crippen LogP contribution >= 0.6 is 23.2 Å². The topological polar surface area (TPSA) is 0 Å². The summed E-state index contributed by atoms with van der Waals surface area (Å²) in [6.45, 7) is 0. The van der Waals surface area contributed by atoms with Crippen molar-refractivity contribution in [2.24, 2.45) is 0 Å². The van der Waals surface area contributed by atoms with Gasteiger partial charge in [0, 0.05) is 15.6 Å². The summed E-state index contributed by atoms with van der Waals surface area (Å²) in [6.07, 6.45) is -8.08. The number of alkyl halides is 5. The Morgan fingerprint density at radius 1 is 0.810 bits per heavy atom. The molecule has 2 rings (SSSR count). The Labute approximate surface area is 127 Å². The van der Waals surface area contributed by atoms with Gasteiger partial charge in [0.2, 0.25) is 0 Å². The smallest absolute Gasteiger partial charge is 0.205 e. The molecule has 0 nitrogen and oxygen atoms in total. The van der Waals surface area contributed by atoms with Crippen molar-refractivity contribution in [3.05, 3.63) is 57.6 Å². The molecular formula is C14H7Cl2F5. The Morgan fingerprint density at radius 3 is 1.86 bits per heavy atom. The first-order chi connectivity index (χ1) is 9.68. The van der Waals surface area contributed by atoms with E-state index in [9.17, 15) is 22.0 Å². The second kappa shape index (κ2) is 5.81. The fourth-order valence-electron chi connectivity index (χ4n) is 1.90. The van der Waals surface area contributed by atoms with Gasteiger partial charge >= 0.3 is 6.18 Å². The molecule has 21 heavy (non-hydrogen) atoms. The van der Waals surface area contributed by atoms with Crippen molar-refractivity contribution in [2.45, 2.75) is 12.6 Å². The van der Waals surface area contributed by atoms with Crippen LogP contribution in [0.15, 0.2) is 36.4 Å². The molecule has 0 atom stereocenters. The normalized spacial score (nSPS) is 12.0. The third-order valence-corrected chi connectivity index (χ3v) is 3.22. The lowest BCUT2D eigenvalue weighted by Crippen LogP contribution is -2.09. The van der Waals surface area contributed by atoms with Crippen molar-refractivity contribution in [1.29, 1.82) is 0 Å². The highest BCUT2D eigenvalue weighted by atomic mass is 35.5. The van der Waals surface area contributed by atoms with Crippen LogP contribution in [0.25, 0.3) is 11.1 Å². The Morgan fingerprint density at radius 2 is 1.38 bits per heavy atom. The summed E-state index contributed by atoms with van der Waals surface area (Å²) in [5.74, 6) is 0. The summed E-state index contributed by atoms with van der Waals surface area (Å²) in [7, 11) is 0. The SMILES string of the molecule is FC(F)c1cc(-c2cc(Cl)cc(Cl)c2)ccc1C(F)(F)F. The van der Waals surface area contributed by atoms with E-state index in [1.807, 2.05) is 0 Å². The van der Waals surface area contributed by atoms with Crippen molar-refractivity contribution < 1.29 is 22.0 Å². The maximum absolute atomic E-state index is 12.9. The van der Waals surface area contributed by atoms with Gasteiger partial charge in [0.15, 0.2) is 0 Å². The molecule has 0 saturated carbocycles. The van der Waals surface area contributed by atoms with Crippen LogP contribution in [0.2, 0.25) is 10.0 Å². The average Bonchev–Trinajstić information content (AvgIpc) is 2.35. The highest BCUT2D eigenvalue weighted by molar-refractivity contribution is 6.35. The number of halogens is 7. The van der Waals surface area contributed by atoms with Crippen LogP contribution in [0.4, 0.5) is 22.0 Å². The van der Waals surface area contributed by atoms with Crippen LogP contribution in [0.3, 0.4) is 0 Å². The van der Waals surface area contributed by atoms with Crippen molar-refractivity contribution in [3.63, 3.8) is 0 Å². The number of hydrogen-bond donors (Lipinski definition) is 0. The van der Waals surface area contributed by atoms with E-state index < -0.39 is 23.7 Å². The van der Waals surface area contributed by atoms with Crippen molar-refractivity contribution >= 4 is 23.2 Å². The van der Waals surface area contributed by atoms with Crippen LogP contribution in [-0.2, 0) is 6.18 Å². The standard InChI is InChI=1S/C14H7Cl2F5/c15-9-3-8(4-10(16)6-9)7-1-2-12(14(19,20)21)11(5-7)13(17)18/h1-6,13H. The Kier molecular flexibility index (Phi) is 4.44. The molecule has 0 aliphatic carbocycles. The summed E-state index contributed by atoms with van der Waals surface area (Å²) in [5, 5.41) is 0.520. The molecule has 112 valence electrons. The minimum absolute atomic E-state index is 0.183. The number of hydrogen-bond acceptors (Lipinski definition) is 0. The van der Waals surface area contributed by atoms with E-state index in [1.165, 1.54) is 18.2 Å². The third-order valence-electron chi connectivity index (χ3n) is 2.79. The minimum Gasteiger partial charge on any atom is -0.205 e. The molecule has 0 saturated heterocycles. The van der Waals surface area contributed by atoms with Crippen LogP contribution < -0.4 is 0 Å². The van der Waals surface area contributed by atoms with Crippen LogP contribution in [0, 0.1) is 0 Å². The molecule has 2 aromatic rings. The van der Waals surface area contributed by atoms with Crippen molar-refractivity contribution in [3.8, 4) is 11.1 Å². The predicted molar refractivity (Wildman–Crippen MR) is 71.9 cm³/mol. The van der Waals surface area contributed by atoms with E-state index in [-0.39, 0.29) is 15.6 Å². The van der Waals surface area contributed by atoms with E-state index in [4.69, 9.17) is 23.2 Å². The van der Waals surface area contributed by atoms with Crippen molar-refractivity contribution in [2.75, 3.05) is 0 Å². The Hall–Kier alpha value is -1.33. The maximum Gasteiger partial charge on any atom is 0.416 e. The van der Waals surface area contributed by atoms with Gasteiger partial charge in [-0.1, -0.05) is 29.3 Å². The fourth-order valence-corrected chi connectivity index (χ4v) is 2.43. The second-order valence-electron chi connectivity index (χ2n) is 4.26. The molecule has 0 amide bonds. The Bertz CT molecular complexity index is 645. The van der Waals surface area contributed by atoms with Gasteiger partial charge in [-0.15, -0.1) is 0 Å². The first-order valence-corrected chi connectivity index (χ1v) is 6.40. The molecule has 0 fully saturated rings.